The van der Waals surface area contributed by atoms with Crippen molar-refractivity contribution in [3.63, 3.8) is 0 Å². The van der Waals surface area contributed by atoms with Gasteiger partial charge in [-0.1, -0.05) is 41.4 Å². The van der Waals surface area contributed by atoms with Gasteiger partial charge in [-0.15, -0.1) is 0 Å². The summed E-state index contributed by atoms with van der Waals surface area (Å²) < 4.78 is 39.3. The van der Waals surface area contributed by atoms with Crippen molar-refractivity contribution in [3.8, 4) is 11.5 Å². The van der Waals surface area contributed by atoms with Crippen molar-refractivity contribution < 1.29 is 22.7 Å². The molecule has 0 spiro atoms. The molecule has 2 aromatic carbocycles. The molecular formula is C22H19ClN4O5S2. The number of carbonyl (C=O) groups is 1. The van der Waals surface area contributed by atoms with E-state index >= 15 is 0 Å². The number of ether oxygens (including phenoxy) is 2. The lowest BCUT2D eigenvalue weighted by Crippen LogP contribution is -2.45. The Bertz CT molecular complexity index is 1420. The first-order chi connectivity index (χ1) is 16.1. The van der Waals surface area contributed by atoms with Crippen molar-refractivity contribution in [3.05, 3.63) is 63.7 Å². The van der Waals surface area contributed by atoms with Crippen LogP contribution in [-0.2, 0) is 21.2 Å². The minimum atomic E-state index is -3.74. The third-order valence-corrected chi connectivity index (χ3v) is 6.89. The highest BCUT2D eigenvalue weighted by atomic mass is 35.5. The largest absolute Gasteiger partial charge is 0.493 e. The number of fused-ring (bicyclic) bond motifs is 1. The smallest absolute Gasteiger partial charge is 0.283 e. The molecule has 0 aliphatic carbocycles. The number of sulfone groups is 1. The van der Waals surface area contributed by atoms with Crippen molar-refractivity contribution in [1.82, 2.24) is 4.90 Å². The number of amidine groups is 3. The van der Waals surface area contributed by atoms with Crippen LogP contribution in [0, 0.1) is 12.3 Å². The van der Waals surface area contributed by atoms with Gasteiger partial charge < -0.3 is 9.47 Å². The minimum absolute atomic E-state index is 0.0167. The van der Waals surface area contributed by atoms with Gasteiger partial charge in [0.25, 0.3) is 5.91 Å². The van der Waals surface area contributed by atoms with Crippen LogP contribution in [0.25, 0.3) is 6.08 Å². The molecule has 0 fully saturated rings. The summed E-state index contributed by atoms with van der Waals surface area (Å²) in [7, 11) is -2.28. The summed E-state index contributed by atoms with van der Waals surface area (Å²) in [6, 6.07) is 11.0. The van der Waals surface area contributed by atoms with Crippen LogP contribution in [0.4, 0.5) is 0 Å². The molecule has 0 bridgehead atoms. The van der Waals surface area contributed by atoms with Crippen LogP contribution in [0.3, 0.4) is 0 Å². The van der Waals surface area contributed by atoms with Crippen LogP contribution >= 0.6 is 23.5 Å². The number of amides is 1. The fourth-order valence-electron chi connectivity index (χ4n) is 3.32. The predicted octanol–water partition coefficient (Wildman–Crippen LogP) is 3.86. The van der Waals surface area contributed by atoms with E-state index in [9.17, 15) is 13.2 Å². The van der Waals surface area contributed by atoms with Gasteiger partial charge in [0.1, 0.15) is 12.4 Å². The number of nitrogens with zero attached hydrogens (tertiary/aromatic N) is 3. The van der Waals surface area contributed by atoms with Crippen molar-refractivity contribution in [1.29, 1.82) is 5.41 Å². The number of aryl methyl sites for hydroxylation is 1. The first-order valence-corrected chi connectivity index (χ1v) is 12.9. The lowest BCUT2D eigenvalue weighted by molar-refractivity contribution is -0.114. The van der Waals surface area contributed by atoms with Crippen LogP contribution in [0.1, 0.15) is 16.7 Å². The highest BCUT2D eigenvalue weighted by molar-refractivity contribution is 8.16. The Balaban J connectivity index is 1.65. The Morgan fingerprint density at radius 3 is 2.71 bits per heavy atom. The third-order valence-electron chi connectivity index (χ3n) is 4.85. The number of aliphatic imine (C=N–C) groups is 1. The maximum Gasteiger partial charge on any atom is 0.283 e. The molecular weight excluding hydrogens is 500 g/mol. The normalized spacial score (nSPS) is 16.9. The molecule has 1 N–H and O–H groups in total. The molecule has 2 aliphatic heterocycles. The summed E-state index contributed by atoms with van der Waals surface area (Å²) in [4.78, 5) is 17.5. The van der Waals surface area contributed by atoms with E-state index in [2.05, 4.69) is 9.39 Å². The third kappa shape index (κ3) is 4.72. The molecule has 0 radical (unpaired) electrons. The number of halogens is 1. The Labute approximate surface area is 205 Å². The van der Waals surface area contributed by atoms with Crippen LogP contribution in [0.2, 0.25) is 5.02 Å². The molecule has 2 aromatic rings. The average Bonchev–Trinajstić information content (AvgIpc) is 3.20. The maximum atomic E-state index is 12.6. The summed E-state index contributed by atoms with van der Waals surface area (Å²) in [5.74, 6) is -0.371. The number of benzene rings is 2. The molecule has 0 unspecified atom stereocenters. The van der Waals surface area contributed by atoms with E-state index < -0.39 is 15.7 Å². The van der Waals surface area contributed by atoms with E-state index in [0.717, 1.165) is 34.2 Å². The van der Waals surface area contributed by atoms with E-state index in [4.69, 9.17) is 26.5 Å². The molecule has 34 heavy (non-hydrogen) atoms. The molecule has 2 aliphatic rings. The van der Waals surface area contributed by atoms with E-state index in [0.29, 0.717) is 17.1 Å². The average molecular weight is 519 g/mol. The van der Waals surface area contributed by atoms with Crippen LogP contribution in [0.5, 0.6) is 11.5 Å². The molecule has 4 rings (SSSR count). The second kappa shape index (κ2) is 9.24. The molecule has 176 valence electrons. The SMILES string of the molecule is COc1cc(/C=C2/C(=N)N3C(=NC2=O)SN=C3S(C)(=O)=O)cc(Cl)c1OCc1cccc(C)c1. The van der Waals surface area contributed by atoms with Gasteiger partial charge in [-0.3, -0.25) is 10.2 Å². The highest BCUT2D eigenvalue weighted by Crippen LogP contribution is 2.38. The van der Waals surface area contributed by atoms with Crippen LogP contribution in [-0.4, -0.2) is 48.8 Å². The number of carbonyl (C=O) groups excluding carboxylic acids is 1. The van der Waals surface area contributed by atoms with Gasteiger partial charge in [0.2, 0.25) is 20.2 Å². The summed E-state index contributed by atoms with van der Waals surface area (Å²) in [6.45, 7) is 2.26. The number of methoxy groups -OCH3 is 1. The fraction of sp³-hybridized carbons (Fsp3) is 0.182. The van der Waals surface area contributed by atoms with Gasteiger partial charge in [0, 0.05) is 6.26 Å². The van der Waals surface area contributed by atoms with Crippen molar-refractivity contribution >= 4 is 61.5 Å². The molecule has 0 atom stereocenters. The van der Waals surface area contributed by atoms with Crippen molar-refractivity contribution in [2.45, 2.75) is 13.5 Å². The molecule has 2 heterocycles. The van der Waals surface area contributed by atoms with E-state index in [1.807, 2.05) is 31.2 Å². The number of hydrogen-bond donors (Lipinski definition) is 1. The summed E-state index contributed by atoms with van der Waals surface area (Å²) in [6.07, 6.45) is 2.37. The second-order valence-electron chi connectivity index (χ2n) is 7.49. The van der Waals surface area contributed by atoms with E-state index in [1.165, 1.54) is 13.2 Å². The molecule has 9 nitrogen and oxygen atoms in total. The number of hydrogen-bond acceptors (Lipinski definition) is 8. The van der Waals surface area contributed by atoms with Gasteiger partial charge >= 0.3 is 0 Å². The standard InChI is InChI=1S/C22H19ClN4O5S2/c1-12-5-4-6-13(7-12)11-32-18-16(23)9-14(10-17(18)31-2)8-15-19(24)27-21(25-20(15)28)33-26-22(27)34(3,29)30/h4-10,24H,11H2,1-3H3/b15-8-,24-19?. The van der Waals surface area contributed by atoms with Gasteiger partial charge in [-0.2, -0.15) is 9.39 Å². The Morgan fingerprint density at radius 2 is 2.03 bits per heavy atom. The quantitative estimate of drug-likeness (QED) is 0.471. The highest BCUT2D eigenvalue weighted by Gasteiger charge is 2.41. The van der Waals surface area contributed by atoms with E-state index in [1.54, 1.807) is 12.1 Å². The number of rotatable bonds is 5. The molecule has 0 saturated heterocycles. The molecule has 0 saturated carbocycles. The topological polar surface area (TPSA) is 121 Å². The second-order valence-corrected chi connectivity index (χ2v) is 10.5. The lowest BCUT2D eigenvalue weighted by Gasteiger charge is -2.24. The lowest BCUT2D eigenvalue weighted by atomic mass is 10.1. The summed E-state index contributed by atoms with van der Waals surface area (Å²) in [5, 5.41) is 8.35. The Hall–Kier alpha value is -3.15. The monoisotopic (exact) mass is 518 g/mol. The summed E-state index contributed by atoms with van der Waals surface area (Å²) >= 11 is 7.19. The van der Waals surface area contributed by atoms with E-state index in [-0.39, 0.29) is 33.4 Å². The zero-order valence-corrected chi connectivity index (χ0v) is 20.7. The van der Waals surface area contributed by atoms with Gasteiger partial charge in [0.05, 0.1) is 29.7 Å². The zero-order chi connectivity index (χ0) is 24.6. The van der Waals surface area contributed by atoms with Crippen LogP contribution < -0.4 is 9.47 Å². The minimum Gasteiger partial charge on any atom is -0.493 e. The van der Waals surface area contributed by atoms with Crippen LogP contribution in [0.15, 0.2) is 51.4 Å². The first kappa shape index (κ1) is 24.0. The maximum absolute atomic E-state index is 12.6. The van der Waals surface area contributed by atoms with Crippen molar-refractivity contribution in [2.75, 3.05) is 13.4 Å². The van der Waals surface area contributed by atoms with Crippen molar-refractivity contribution in [2.24, 2.45) is 9.39 Å². The van der Waals surface area contributed by atoms with Gasteiger partial charge in [0.15, 0.2) is 11.5 Å². The fourth-order valence-corrected chi connectivity index (χ4v) is 5.44. The molecule has 12 heteroatoms. The zero-order valence-electron chi connectivity index (χ0n) is 18.3. The predicted molar refractivity (Wildman–Crippen MR) is 133 cm³/mol. The Morgan fingerprint density at radius 1 is 1.26 bits per heavy atom. The van der Waals surface area contributed by atoms with Gasteiger partial charge in [-0.25, -0.2) is 13.3 Å². The molecule has 1 amide bonds. The number of nitrogens with one attached hydrogen (secondary N) is 1. The first-order valence-electron chi connectivity index (χ1n) is 9.83. The summed E-state index contributed by atoms with van der Waals surface area (Å²) in [5.41, 5.74) is 2.40. The molecule has 0 aromatic heterocycles. The Kier molecular flexibility index (Phi) is 6.52. The van der Waals surface area contributed by atoms with Gasteiger partial charge in [-0.05, 0) is 36.3 Å².